The minimum Gasteiger partial charge on any atom is -0.324 e. The minimum absolute atomic E-state index is 0.180. The lowest BCUT2D eigenvalue weighted by atomic mass is 9.74. The molecule has 0 saturated heterocycles. The normalized spacial score (nSPS) is 20.9. The van der Waals surface area contributed by atoms with Gasteiger partial charge in [0, 0.05) is 6.04 Å². The molecule has 0 amide bonds. The second kappa shape index (κ2) is 4.75. The van der Waals surface area contributed by atoms with Gasteiger partial charge in [-0.05, 0) is 65.8 Å². The topological polar surface area (TPSA) is 26.0 Å². The van der Waals surface area contributed by atoms with Crippen molar-refractivity contribution in [2.24, 2.45) is 5.73 Å². The zero-order valence-electron chi connectivity index (χ0n) is 11.8. The molecule has 2 N–H and O–H groups in total. The van der Waals surface area contributed by atoms with Crippen molar-refractivity contribution in [1.29, 1.82) is 0 Å². The van der Waals surface area contributed by atoms with Gasteiger partial charge < -0.3 is 5.73 Å². The van der Waals surface area contributed by atoms with Gasteiger partial charge in [0.15, 0.2) is 0 Å². The van der Waals surface area contributed by atoms with Crippen molar-refractivity contribution in [3.05, 3.63) is 70.3 Å². The average molecular weight is 263 g/mol. The van der Waals surface area contributed by atoms with Gasteiger partial charge in [0.2, 0.25) is 0 Å². The van der Waals surface area contributed by atoms with Crippen molar-refractivity contribution in [2.75, 3.05) is 0 Å². The Morgan fingerprint density at radius 1 is 1.00 bits per heavy atom. The van der Waals surface area contributed by atoms with E-state index in [4.69, 9.17) is 5.73 Å². The highest BCUT2D eigenvalue weighted by Crippen LogP contribution is 2.40. The third kappa shape index (κ3) is 1.97. The molecule has 102 valence electrons. The fourth-order valence-corrected chi connectivity index (χ4v) is 3.84. The number of hydrogen-bond acceptors (Lipinski definition) is 1. The van der Waals surface area contributed by atoms with E-state index in [1.54, 1.807) is 0 Å². The maximum atomic E-state index is 6.46. The fraction of sp³-hybridized carbons (Fsp3) is 0.368. The summed E-state index contributed by atoms with van der Waals surface area (Å²) < 4.78 is 0. The van der Waals surface area contributed by atoms with Crippen molar-refractivity contribution in [3.63, 3.8) is 0 Å². The monoisotopic (exact) mass is 263 g/mol. The van der Waals surface area contributed by atoms with Gasteiger partial charge in [-0.15, -0.1) is 0 Å². The van der Waals surface area contributed by atoms with E-state index in [1.165, 1.54) is 53.5 Å². The lowest BCUT2D eigenvalue weighted by molar-refractivity contribution is 0.498. The van der Waals surface area contributed by atoms with Crippen molar-refractivity contribution < 1.29 is 0 Å². The Hall–Kier alpha value is -1.60. The van der Waals surface area contributed by atoms with E-state index in [1.807, 2.05) is 0 Å². The Kier molecular flexibility index (Phi) is 2.89. The zero-order chi connectivity index (χ0) is 13.5. The molecule has 0 heterocycles. The molecule has 2 unspecified atom stereocenters. The lowest BCUT2D eigenvalue weighted by Crippen LogP contribution is -2.22. The maximum Gasteiger partial charge on any atom is 0.0300 e. The van der Waals surface area contributed by atoms with Crippen LogP contribution in [0.5, 0.6) is 0 Å². The standard InChI is InChI=1S/C19H21N/c20-19(12-17-11-15-4-1-2-7-18(15)17)16-9-8-13-5-3-6-14(13)10-16/h1-2,4,7-10,17,19H,3,5-6,11-12,20H2. The van der Waals surface area contributed by atoms with Crippen LogP contribution in [0, 0.1) is 0 Å². The SMILES string of the molecule is NC(CC1Cc2ccccc21)c1ccc2c(c1)CCC2. The van der Waals surface area contributed by atoms with Crippen LogP contribution in [0.15, 0.2) is 42.5 Å². The fourth-order valence-electron chi connectivity index (χ4n) is 3.84. The number of fused-ring (bicyclic) bond motifs is 2. The number of benzene rings is 2. The van der Waals surface area contributed by atoms with Crippen LogP contribution in [0.2, 0.25) is 0 Å². The van der Waals surface area contributed by atoms with Gasteiger partial charge in [0.1, 0.15) is 0 Å². The van der Waals surface area contributed by atoms with E-state index in [9.17, 15) is 0 Å². The molecule has 0 aliphatic heterocycles. The van der Waals surface area contributed by atoms with Crippen LogP contribution in [-0.2, 0) is 19.3 Å². The third-order valence-electron chi connectivity index (χ3n) is 5.05. The molecule has 1 nitrogen and oxygen atoms in total. The first kappa shape index (κ1) is 12.2. The zero-order valence-corrected chi connectivity index (χ0v) is 11.8. The maximum absolute atomic E-state index is 6.46. The summed E-state index contributed by atoms with van der Waals surface area (Å²) in [5.41, 5.74) is 13.9. The molecule has 2 aromatic rings. The summed E-state index contributed by atoms with van der Waals surface area (Å²) in [6.45, 7) is 0. The molecule has 2 aromatic carbocycles. The summed E-state index contributed by atoms with van der Waals surface area (Å²) in [5.74, 6) is 0.662. The van der Waals surface area contributed by atoms with E-state index in [0.717, 1.165) is 6.42 Å². The quantitative estimate of drug-likeness (QED) is 0.893. The Morgan fingerprint density at radius 2 is 1.85 bits per heavy atom. The number of nitrogens with two attached hydrogens (primary N) is 1. The van der Waals surface area contributed by atoms with Gasteiger partial charge in [-0.2, -0.15) is 0 Å². The molecule has 2 aliphatic carbocycles. The highest BCUT2D eigenvalue weighted by molar-refractivity contribution is 5.41. The molecular formula is C19H21N. The molecule has 0 radical (unpaired) electrons. The van der Waals surface area contributed by atoms with Crippen LogP contribution < -0.4 is 5.73 Å². The molecule has 2 aliphatic rings. The second-order valence-corrected chi connectivity index (χ2v) is 6.32. The Labute approximate surface area is 120 Å². The van der Waals surface area contributed by atoms with Gasteiger partial charge in [-0.3, -0.25) is 0 Å². The van der Waals surface area contributed by atoms with E-state index in [-0.39, 0.29) is 6.04 Å². The van der Waals surface area contributed by atoms with Crippen molar-refractivity contribution in [2.45, 2.75) is 44.1 Å². The van der Waals surface area contributed by atoms with Crippen LogP contribution in [0.3, 0.4) is 0 Å². The first-order valence-corrected chi connectivity index (χ1v) is 7.76. The second-order valence-electron chi connectivity index (χ2n) is 6.32. The molecule has 0 fully saturated rings. The number of hydrogen-bond donors (Lipinski definition) is 1. The first-order valence-electron chi connectivity index (χ1n) is 7.76. The molecule has 0 aromatic heterocycles. The highest BCUT2D eigenvalue weighted by Gasteiger charge is 2.27. The summed E-state index contributed by atoms with van der Waals surface area (Å²) in [6.07, 6.45) is 6.08. The van der Waals surface area contributed by atoms with Crippen molar-refractivity contribution >= 4 is 0 Å². The molecule has 20 heavy (non-hydrogen) atoms. The van der Waals surface area contributed by atoms with Crippen LogP contribution in [0.1, 0.15) is 52.6 Å². The Morgan fingerprint density at radius 3 is 2.75 bits per heavy atom. The molecule has 0 spiro atoms. The van der Waals surface area contributed by atoms with Gasteiger partial charge in [0.05, 0.1) is 0 Å². The van der Waals surface area contributed by atoms with Crippen LogP contribution in [-0.4, -0.2) is 0 Å². The predicted octanol–water partition coefficient (Wildman–Crippen LogP) is 3.91. The molecule has 1 heteroatoms. The highest BCUT2D eigenvalue weighted by atomic mass is 14.6. The van der Waals surface area contributed by atoms with Crippen LogP contribution in [0.4, 0.5) is 0 Å². The molecular weight excluding hydrogens is 242 g/mol. The average Bonchev–Trinajstić information content (AvgIpc) is 2.92. The summed E-state index contributed by atoms with van der Waals surface area (Å²) in [4.78, 5) is 0. The van der Waals surface area contributed by atoms with E-state index in [2.05, 4.69) is 42.5 Å². The lowest BCUT2D eigenvalue weighted by Gasteiger charge is -2.32. The number of aryl methyl sites for hydroxylation is 2. The summed E-state index contributed by atoms with van der Waals surface area (Å²) in [6, 6.07) is 15.9. The largest absolute Gasteiger partial charge is 0.324 e. The molecule has 2 atom stereocenters. The van der Waals surface area contributed by atoms with Crippen molar-refractivity contribution in [3.8, 4) is 0 Å². The molecule has 0 saturated carbocycles. The smallest absolute Gasteiger partial charge is 0.0300 e. The summed E-state index contributed by atoms with van der Waals surface area (Å²) >= 11 is 0. The molecule has 4 rings (SSSR count). The van der Waals surface area contributed by atoms with Gasteiger partial charge in [-0.25, -0.2) is 0 Å². The van der Waals surface area contributed by atoms with Crippen LogP contribution >= 0.6 is 0 Å². The Bertz CT molecular complexity index is 644. The van der Waals surface area contributed by atoms with Gasteiger partial charge >= 0.3 is 0 Å². The van der Waals surface area contributed by atoms with Gasteiger partial charge in [0.25, 0.3) is 0 Å². The van der Waals surface area contributed by atoms with E-state index >= 15 is 0 Å². The van der Waals surface area contributed by atoms with Gasteiger partial charge in [-0.1, -0.05) is 42.5 Å². The molecule has 0 bridgehead atoms. The van der Waals surface area contributed by atoms with E-state index in [0.29, 0.717) is 5.92 Å². The predicted molar refractivity (Wildman–Crippen MR) is 82.9 cm³/mol. The van der Waals surface area contributed by atoms with Crippen molar-refractivity contribution in [1.82, 2.24) is 0 Å². The minimum atomic E-state index is 0.180. The summed E-state index contributed by atoms with van der Waals surface area (Å²) in [5, 5.41) is 0. The third-order valence-corrected chi connectivity index (χ3v) is 5.05. The summed E-state index contributed by atoms with van der Waals surface area (Å²) in [7, 11) is 0. The van der Waals surface area contributed by atoms with E-state index < -0.39 is 0 Å². The van der Waals surface area contributed by atoms with Crippen LogP contribution in [0.25, 0.3) is 0 Å². The Balaban J connectivity index is 1.50. The number of rotatable bonds is 3. The first-order chi connectivity index (χ1) is 9.81.